The third-order valence-electron chi connectivity index (χ3n) is 4.08. The molecule has 3 nitrogen and oxygen atoms in total. The van der Waals surface area contributed by atoms with Crippen LogP contribution in [-0.2, 0) is 0 Å². The molecule has 0 saturated heterocycles. The third kappa shape index (κ3) is 2.87. The monoisotopic (exact) mass is 269 g/mol. The molecule has 0 amide bonds. The van der Waals surface area contributed by atoms with E-state index in [2.05, 4.69) is 35.5 Å². The Hall–Kier alpha value is -0.570. The van der Waals surface area contributed by atoms with E-state index in [0.29, 0.717) is 17.2 Å². The first kappa shape index (κ1) is 13.9. The van der Waals surface area contributed by atoms with E-state index in [9.17, 15) is 0 Å². The van der Waals surface area contributed by atoms with Crippen molar-refractivity contribution in [2.24, 2.45) is 5.92 Å². The molecule has 18 heavy (non-hydrogen) atoms. The molecule has 1 aliphatic rings. The van der Waals surface area contributed by atoms with Crippen LogP contribution in [0.5, 0.6) is 0 Å². The van der Waals surface area contributed by atoms with Crippen LogP contribution in [0.4, 0.5) is 0 Å². The summed E-state index contributed by atoms with van der Waals surface area (Å²) < 4.78 is 2.17. The molecule has 1 aliphatic carbocycles. The van der Waals surface area contributed by atoms with Crippen molar-refractivity contribution in [2.75, 3.05) is 0 Å². The van der Waals surface area contributed by atoms with E-state index in [0.717, 1.165) is 11.7 Å². The Balaban J connectivity index is 2.07. The Kier molecular flexibility index (Phi) is 4.66. The third-order valence-corrected chi connectivity index (χ3v) is 4.33. The summed E-state index contributed by atoms with van der Waals surface area (Å²) in [6.07, 6.45) is 7.78. The molecule has 102 valence electrons. The van der Waals surface area contributed by atoms with Gasteiger partial charge < -0.3 is 0 Å². The van der Waals surface area contributed by atoms with E-state index >= 15 is 0 Å². The van der Waals surface area contributed by atoms with Gasteiger partial charge in [0.05, 0.1) is 0 Å². The molecular weight excluding hydrogens is 246 g/mol. The molecule has 2 rings (SSSR count). The van der Waals surface area contributed by atoms with Gasteiger partial charge in [-0.1, -0.05) is 33.6 Å². The Labute approximate surface area is 115 Å². The molecule has 0 aliphatic heterocycles. The van der Waals surface area contributed by atoms with Gasteiger partial charge in [-0.2, -0.15) is 0 Å². The van der Waals surface area contributed by atoms with Crippen molar-refractivity contribution in [2.45, 2.75) is 71.3 Å². The second-order valence-corrected chi connectivity index (χ2v) is 6.15. The normalized spacial score (nSPS) is 24.7. The van der Waals surface area contributed by atoms with E-state index in [-0.39, 0.29) is 0 Å². The van der Waals surface area contributed by atoms with E-state index in [4.69, 9.17) is 11.6 Å². The number of rotatable bonds is 4. The highest BCUT2D eigenvalue weighted by molar-refractivity contribution is 6.28. The number of halogens is 1. The van der Waals surface area contributed by atoms with Crippen LogP contribution in [0, 0.1) is 5.92 Å². The maximum Gasteiger partial charge on any atom is 0.225 e. The van der Waals surface area contributed by atoms with Gasteiger partial charge in [0.25, 0.3) is 0 Å². The van der Waals surface area contributed by atoms with Crippen LogP contribution in [0.2, 0.25) is 5.28 Å². The number of hydrogen-bond donors (Lipinski definition) is 0. The quantitative estimate of drug-likeness (QED) is 0.801. The lowest BCUT2D eigenvalue weighted by atomic mass is 9.83. The largest absolute Gasteiger partial charge is 0.298 e. The SMILES string of the molecule is CCCC1CCC(n2c(Cl)nnc2C(C)C)CC1. The topological polar surface area (TPSA) is 30.7 Å². The maximum absolute atomic E-state index is 6.21. The second-order valence-electron chi connectivity index (χ2n) is 5.82. The Morgan fingerprint density at radius 3 is 2.44 bits per heavy atom. The second kappa shape index (κ2) is 6.05. The number of hydrogen-bond acceptors (Lipinski definition) is 2. The Bertz CT molecular complexity index is 378. The standard InChI is InChI=1S/C14H24ClN3/c1-4-5-11-6-8-12(9-7-11)18-13(10(2)3)16-17-14(18)15/h10-12H,4-9H2,1-3H3. The first-order chi connectivity index (χ1) is 8.63. The Morgan fingerprint density at radius 2 is 1.89 bits per heavy atom. The molecule has 0 spiro atoms. The van der Waals surface area contributed by atoms with Crippen LogP contribution in [0.3, 0.4) is 0 Å². The summed E-state index contributed by atoms with van der Waals surface area (Å²) in [6, 6.07) is 0.512. The van der Waals surface area contributed by atoms with Crippen molar-refractivity contribution in [3.63, 3.8) is 0 Å². The van der Waals surface area contributed by atoms with Crippen LogP contribution in [0.15, 0.2) is 0 Å². The van der Waals surface area contributed by atoms with Crippen molar-refractivity contribution >= 4 is 11.6 Å². The van der Waals surface area contributed by atoms with Crippen molar-refractivity contribution in [1.29, 1.82) is 0 Å². The fraction of sp³-hybridized carbons (Fsp3) is 0.857. The molecular formula is C14H24ClN3. The zero-order chi connectivity index (χ0) is 13.1. The van der Waals surface area contributed by atoms with E-state index in [1.54, 1.807) is 0 Å². The average Bonchev–Trinajstić information content (AvgIpc) is 2.73. The first-order valence-electron chi connectivity index (χ1n) is 7.23. The van der Waals surface area contributed by atoms with E-state index in [1.807, 2.05) is 0 Å². The van der Waals surface area contributed by atoms with Crippen molar-refractivity contribution in [3.8, 4) is 0 Å². The summed E-state index contributed by atoms with van der Waals surface area (Å²) in [5.41, 5.74) is 0. The molecule has 1 heterocycles. The fourth-order valence-electron chi connectivity index (χ4n) is 3.11. The minimum atomic E-state index is 0.387. The molecule has 0 atom stereocenters. The molecule has 0 aromatic carbocycles. The summed E-state index contributed by atoms with van der Waals surface area (Å²) in [7, 11) is 0. The molecule has 1 aromatic heterocycles. The molecule has 0 radical (unpaired) electrons. The van der Waals surface area contributed by atoms with Crippen molar-refractivity contribution in [3.05, 3.63) is 11.1 Å². The minimum Gasteiger partial charge on any atom is -0.298 e. The van der Waals surface area contributed by atoms with Crippen molar-refractivity contribution in [1.82, 2.24) is 14.8 Å². The van der Waals surface area contributed by atoms with Gasteiger partial charge in [-0.05, 0) is 43.2 Å². The molecule has 0 unspecified atom stereocenters. The Morgan fingerprint density at radius 1 is 1.22 bits per heavy atom. The van der Waals surface area contributed by atoms with Gasteiger partial charge in [-0.25, -0.2) is 0 Å². The van der Waals surface area contributed by atoms with Gasteiger partial charge in [0, 0.05) is 12.0 Å². The van der Waals surface area contributed by atoms with Crippen LogP contribution < -0.4 is 0 Å². The predicted octanol–water partition coefficient (Wildman–Crippen LogP) is 4.59. The zero-order valence-corrected chi connectivity index (χ0v) is 12.5. The smallest absolute Gasteiger partial charge is 0.225 e. The van der Waals surface area contributed by atoms with Gasteiger partial charge in [-0.15, -0.1) is 10.2 Å². The molecule has 0 bridgehead atoms. The number of aromatic nitrogens is 3. The highest BCUT2D eigenvalue weighted by Gasteiger charge is 2.26. The van der Waals surface area contributed by atoms with Crippen LogP contribution in [0.25, 0.3) is 0 Å². The van der Waals surface area contributed by atoms with Gasteiger partial charge in [0.1, 0.15) is 5.82 Å². The van der Waals surface area contributed by atoms with Crippen LogP contribution in [-0.4, -0.2) is 14.8 Å². The average molecular weight is 270 g/mol. The van der Waals surface area contributed by atoms with E-state index in [1.165, 1.54) is 38.5 Å². The summed E-state index contributed by atoms with van der Waals surface area (Å²) in [5.74, 6) is 2.35. The molecule has 1 aromatic rings. The molecule has 1 saturated carbocycles. The summed E-state index contributed by atoms with van der Waals surface area (Å²) in [6.45, 7) is 6.58. The lowest BCUT2D eigenvalue weighted by Crippen LogP contribution is -2.20. The highest BCUT2D eigenvalue weighted by Crippen LogP contribution is 2.37. The molecule has 1 fully saturated rings. The van der Waals surface area contributed by atoms with Gasteiger partial charge in [-0.3, -0.25) is 4.57 Å². The lowest BCUT2D eigenvalue weighted by Gasteiger charge is -2.30. The first-order valence-corrected chi connectivity index (χ1v) is 7.61. The summed E-state index contributed by atoms with van der Waals surface area (Å²) in [5, 5.41) is 8.84. The fourth-order valence-corrected chi connectivity index (χ4v) is 3.38. The lowest BCUT2D eigenvalue weighted by molar-refractivity contribution is 0.258. The van der Waals surface area contributed by atoms with Gasteiger partial charge in [0.2, 0.25) is 5.28 Å². The van der Waals surface area contributed by atoms with Crippen LogP contribution >= 0.6 is 11.6 Å². The van der Waals surface area contributed by atoms with Gasteiger partial charge in [0.15, 0.2) is 0 Å². The molecule has 0 N–H and O–H groups in total. The maximum atomic E-state index is 6.21. The summed E-state index contributed by atoms with van der Waals surface area (Å²) >= 11 is 6.21. The highest BCUT2D eigenvalue weighted by atomic mass is 35.5. The predicted molar refractivity (Wildman–Crippen MR) is 75.0 cm³/mol. The van der Waals surface area contributed by atoms with E-state index < -0.39 is 0 Å². The van der Waals surface area contributed by atoms with Crippen LogP contribution in [0.1, 0.15) is 77.1 Å². The minimum absolute atomic E-state index is 0.387. The van der Waals surface area contributed by atoms with Gasteiger partial charge >= 0.3 is 0 Å². The zero-order valence-electron chi connectivity index (χ0n) is 11.7. The van der Waals surface area contributed by atoms with Crippen molar-refractivity contribution < 1.29 is 0 Å². The number of nitrogens with zero attached hydrogens (tertiary/aromatic N) is 3. The molecule has 4 heteroatoms. The summed E-state index contributed by atoms with van der Waals surface area (Å²) in [4.78, 5) is 0.